The number of thiophene rings is 1. The smallest absolute Gasteiger partial charge is 0.191 e. The molecule has 2 aliphatic heterocycles. The van der Waals surface area contributed by atoms with Crippen LogP contribution in [-0.4, -0.2) is 81.3 Å². The zero-order valence-electron chi connectivity index (χ0n) is 17.9. The standard InChI is InChI=1S/C21H37N5OS.HI/c1-3-22-21(23-15-18(2)17-25-8-4-5-9-25)24-16-19(20-7-6-14-28-20)26-10-12-27-13-11-26;/h6-7,14,18-19H,3-5,8-13,15-17H2,1-2H3,(H2,22,23,24);1H. The Balaban J connectivity index is 0.00000300. The lowest BCUT2D eigenvalue weighted by atomic mass is 10.1. The number of guanidine groups is 1. The number of rotatable bonds is 9. The van der Waals surface area contributed by atoms with E-state index in [4.69, 9.17) is 9.73 Å². The molecule has 0 radical (unpaired) electrons. The van der Waals surface area contributed by atoms with Crippen LogP contribution in [0.5, 0.6) is 0 Å². The zero-order chi connectivity index (χ0) is 19.6. The molecule has 1 aromatic heterocycles. The van der Waals surface area contributed by atoms with Gasteiger partial charge in [-0.3, -0.25) is 9.89 Å². The summed E-state index contributed by atoms with van der Waals surface area (Å²) in [7, 11) is 0. The van der Waals surface area contributed by atoms with Gasteiger partial charge in [0, 0.05) is 44.1 Å². The zero-order valence-corrected chi connectivity index (χ0v) is 21.1. The second kappa shape index (κ2) is 13.8. The molecule has 0 amide bonds. The Labute approximate surface area is 197 Å². The van der Waals surface area contributed by atoms with Gasteiger partial charge in [0.25, 0.3) is 0 Å². The van der Waals surface area contributed by atoms with Crippen LogP contribution in [0.25, 0.3) is 0 Å². The largest absolute Gasteiger partial charge is 0.379 e. The van der Waals surface area contributed by atoms with E-state index in [1.807, 2.05) is 11.3 Å². The predicted octanol–water partition coefficient (Wildman–Crippen LogP) is 3.03. The van der Waals surface area contributed by atoms with Crippen LogP contribution in [0.15, 0.2) is 22.5 Å². The molecule has 29 heavy (non-hydrogen) atoms. The van der Waals surface area contributed by atoms with Gasteiger partial charge in [-0.05, 0) is 50.2 Å². The minimum atomic E-state index is 0. The maximum Gasteiger partial charge on any atom is 0.191 e. The van der Waals surface area contributed by atoms with Gasteiger partial charge in [-0.25, -0.2) is 0 Å². The summed E-state index contributed by atoms with van der Waals surface area (Å²) < 4.78 is 5.55. The van der Waals surface area contributed by atoms with Crippen molar-refractivity contribution in [2.45, 2.75) is 32.7 Å². The van der Waals surface area contributed by atoms with Crippen LogP contribution in [0.4, 0.5) is 0 Å². The van der Waals surface area contributed by atoms with Crippen LogP contribution < -0.4 is 10.6 Å². The van der Waals surface area contributed by atoms with Crippen molar-refractivity contribution < 1.29 is 4.74 Å². The van der Waals surface area contributed by atoms with Crippen molar-refractivity contribution in [3.05, 3.63) is 22.4 Å². The van der Waals surface area contributed by atoms with Gasteiger partial charge in [0.1, 0.15) is 0 Å². The lowest BCUT2D eigenvalue weighted by Crippen LogP contribution is -2.46. The molecule has 3 rings (SSSR count). The van der Waals surface area contributed by atoms with Gasteiger partial charge in [0.15, 0.2) is 5.96 Å². The van der Waals surface area contributed by atoms with E-state index in [-0.39, 0.29) is 24.0 Å². The monoisotopic (exact) mass is 535 g/mol. The minimum Gasteiger partial charge on any atom is -0.379 e. The molecule has 0 aromatic carbocycles. The third-order valence-electron chi connectivity index (χ3n) is 5.49. The molecule has 2 atom stereocenters. The van der Waals surface area contributed by atoms with Gasteiger partial charge in [0.05, 0.1) is 19.3 Å². The first kappa shape index (κ1) is 24.8. The average molecular weight is 536 g/mol. The predicted molar refractivity (Wildman–Crippen MR) is 134 cm³/mol. The van der Waals surface area contributed by atoms with Crippen molar-refractivity contribution in [3.63, 3.8) is 0 Å². The van der Waals surface area contributed by atoms with E-state index in [0.717, 1.165) is 58.4 Å². The van der Waals surface area contributed by atoms with E-state index in [2.05, 4.69) is 51.8 Å². The van der Waals surface area contributed by atoms with E-state index in [9.17, 15) is 0 Å². The summed E-state index contributed by atoms with van der Waals surface area (Å²) in [4.78, 5) is 11.4. The van der Waals surface area contributed by atoms with Gasteiger partial charge in [-0.15, -0.1) is 35.3 Å². The lowest BCUT2D eigenvalue weighted by molar-refractivity contribution is 0.0177. The fraction of sp³-hybridized carbons (Fsp3) is 0.762. The Bertz CT molecular complexity index is 574. The summed E-state index contributed by atoms with van der Waals surface area (Å²) in [6.07, 6.45) is 2.71. The SMILES string of the molecule is CCNC(=NCC(C)CN1CCCC1)NCC(c1cccs1)N1CCOCC1.I. The first-order valence-corrected chi connectivity index (χ1v) is 11.7. The Morgan fingerprint density at radius 3 is 2.62 bits per heavy atom. The van der Waals surface area contributed by atoms with Crippen molar-refractivity contribution in [2.75, 3.05) is 65.6 Å². The molecule has 3 heterocycles. The van der Waals surface area contributed by atoms with E-state index >= 15 is 0 Å². The quantitative estimate of drug-likeness (QED) is 0.289. The van der Waals surface area contributed by atoms with E-state index < -0.39 is 0 Å². The summed E-state index contributed by atoms with van der Waals surface area (Å²) >= 11 is 1.84. The van der Waals surface area contributed by atoms with E-state index in [0.29, 0.717) is 12.0 Å². The van der Waals surface area contributed by atoms with Crippen LogP contribution >= 0.6 is 35.3 Å². The highest BCUT2D eigenvalue weighted by atomic mass is 127. The van der Waals surface area contributed by atoms with Crippen LogP contribution in [0, 0.1) is 5.92 Å². The molecule has 0 spiro atoms. The molecule has 0 saturated carbocycles. The highest BCUT2D eigenvalue weighted by molar-refractivity contribution is 14.0. The first-order valence-electron chi connectivity index (χ1n) is 10.9. The average Bonchev–Trinajstić information content (AvgIpc) is 3.41. The third-order valence-corrected chi connectivity index (χ3v) is 6.47. The van der Waals surface area contributed by atoms with Crippen molar-refractivity contribution in [1.82, 2.24) is 20.4 Å². The van der Waals surface area contributed by atoms with Crippen LogP contribution in [0.2, 0.25) is 0 Å². The molecule has 166 valence electrons. The van der Waals surface area contributed by atoms with Gasteiger partial charge in [0.2, 0.25) is 0 Å². The van der Waals surface area contributed by atoms with E-state index in [1.54, 1.807) is 0 Å². The summed E-state index contributed by atoms with van der Waals surface area (Å²) in [5.74, 6) is 1.52. The molecular formula is C21H38IN5OS. The van der Waals surface area contributed by atoms with Crippen molar-refractivity contribution in [1.29, 1.82) is 0 Å². The second-order valence-electron chi connectivity index (χ2n) is 7.89. The van der Waals surface area contributed by atoms with Crippen molar-refractivity contribution in [3.8, 4) is 0 Å². The lowest BCUT2D eigenvalue weighted by Gasteiger charge is -2.34. The maximum atomic E-state index is 5.55. The molecule has 0 bridgehead atoms. The van der Waals surface area contributed by atoms with Crippen LogP contribution in [0.3, 0.4) is 0 Å². The number of ether oxygens (including phenoxy) is 1. The Morgan fingerprint density at radius 1 is 1.21 bits per heavy atom. The molecule has 2 aliphatic rings. The number of likely N-dealkylation sites (tertiary alicyclic amines) is 1. The molecule has 0 aliphatic carbocycles. The molecule has 6 nitrogen and oxygen atoms in total. The highest BCUT2D eigenvalue weighted by Gasteiger charge is 2.23. The molecule has 2 saturated heterocycles. The van der Waals surface area contributed by atoms with Crippen molar-refractivity contribution >= 4 is 41.3 Å². The Morgan fingerprint density at radius 2 is 1.97 bits per heavy atom. The number of nitrogens with zero attached hydrogens (tertiary/aromatic N) is 3. The number of hydrogen-bond donors (Lipinski definition) is 2. The Kier molecular flexibility index (Phi) is 11.8. The molecule has 2 fully saturated rings. The number of morpholine rings is 1. The topological polar surface area (TPSA) is 52.1 Å². The van der Waals surface area contributed by atoms with Gasteiger partial charge in [-0.1, -0.05) is 13.0 Å². The summed E-state index contributed by atoms with van der Waals surface area (Å²) in [6.45, 7) is 14.4. The first-order chi connectivity index (χ1) is 13.8. The second-order valence-corrected chi connectivity index (χ2v) is 8.87. The fourth-order valence-electron chi connectivity index (χ4n) is 4.03. The number of halogens is 1. The molecule has 1 aromatic rings. The van der Waals surface area contributed by atoms with Crippen LogP contribution in [-0.2, 0) is 4.74 Å². The molecule has 2 unspecified atom stereocenters. The minimum absolute atomic E-state index is 0. The number of aliphatic imine (C=N–C) groups is 1. The summed E-state index contributed by atoms with van der Waals surface area (Å²) in [5, 5.41) is 9.19. The molecule has 8 heteroatoms. The fourth-order valence-corrected chi connectivity index (χ4v) is 4.89. The molecular weight excluding hydrogens is 497 g/mol. The normalized spacial score (nSPS) is 20.8. The van der Waals surface area contributed by atoms with Gasteiger partial charge < -0.3 is 20.3 Å². The highest BCUT2D eigenvalue weighted by Crippen LogP contribution is 2.25. The summed E-state index contributed by atoms with van der Waals surface area (Å²) in [5.41, 5.74) is 0. The van der Waals surface area contributed by atoms with Crippen molar-refractivity contribution in [2.24, 2.45) is 10.9 Å². The maximum absolute atomic E-state index is 5.55. The molecule has 2 N–H and O–H groups in total. The van der Waals surface area contributed by atoms with Gasteiger partial charge in [-0.2, -0.15) is 0 Å². The Hall–Kier alpha value is -0.420. The van der Waals surface area contributed by atoms with Crippen LogP contribution in [0.1, 0.15) is 37.6 Å². The van der Waals surface area contributed by atoms with Gasteiger partial charge >= 0.3 is 0 Å². The third kappa shape index (κ3) is 8.32. The van der Waals surface area contributed by atoms with E-state index in [1.165, 1.54) is 30.8 Å². The number of nitrogens with one attached hydrogen (secondary N) is 2. The summed E-state index contributed by atoms with van der Waals surface area (Å²) in [6, 6.07) is 4.76. The number of hydrogen-bond acceptors (Lipinski definition) is 5.